The van der Waals surface area contributed by atoms with E-state index in [0.29, 0.717) is 16.1 Å². The highest BCUT2D eigenvalue weighted by Gasteiger charge is 2.34. The van der Waals surface area contributed by atoms with E-state index in [1.807, 2.05) is 19.1 Å². The second-order valence-electron chi connectivity index (χ2n) is 7.88. The summed E-state index contributed by atoms with van der Waals surface area (Å²) in [5.41, 5.74) is 7.42. The summed E-state index contributed by atoms with van der Waals surface area (Å²) in [4.78, 5) is 2.58. The van der Waals surface area contributed by atoms with E-state index in [-0.39, 0.29) is 0 Å². The van der Waals surface area contributed by atoms with Crippen molar-refractivity contribution in [2.24, 2.45) is 5.10 Å². The Morgan fingerprint density at radius 1 is 0.833 bits per heavy atom. The zero-order valence-electron chi connectivity index (χ0n) is 16.9. The third-order valence-corrected chi connectivity index (χ3v) is 6.62. The summed E-state index contributed by atoms with van der Waals surface area (Å²) >= 11 is 12.4. The van der Waals surface area contributed by atoms with Crippen LogP contribution in [0, 0.1) is 0 Å². The van der Waals surface area contributed by atoms with Crippen LogP contribution in [0.25, 0.3) is 11.1 Å². The van der Waals surface area contributed by atoms with Gasteiger partial charge < -0.3 is 0 Å². The maximum absolute atomic E-state index is 6.36. The van der Waals surface area contributed by atoms with Crippen LogP contribution in [0.4, 0.5) is 0 Å². The first-order valence-corrected chi connectivity index (χ1v) is 11.1. The number of hydrogen-bond donors (Lipinski definition) is 0. The molecular weight excluding hydrogens is 413 g/mol. The standard InChI is InChI=1S/C25H23Cl2N3/c1-17(19-11-10-18(26)16-24(19)27)28-30-14-12-29(13-15-30)25-22-8-4-2-6-20(22)21-7-3-5-9-23(21)25/h2-11,16,25H,12-15H2,1H3/b28-17-. The Labute approximate surface area is 187 Å². The van der Waals surface area contributed by atoms with E-state index in [2.05, 4.69) is 58.4 Å². The minimum atomic E-state index is 0.329. The van der Waals surface area contributed by atoms with Gasteiger partial charge in [0, 0.05) is 36.8 Å². The second-order valence-corrected chi connectivity index (χ2v) is 8.72. The molecule has 0 amide bonds. The van der Waals surface area contributed by atoms with Crippen molar-refractivity contribution in [3.05, 3.63) is 93.5 Å². The van der Waals surface area contributed by atoms with Gasteiger partial charge in [-0.1, -0.05) is 77.8 Å². The van der Waals surface area contributed by atoms with Crippen molar-refractivity contribution in [3.63, 3.8) is 0 Å². The predicted molar refractivity (Wildman–Crippen MR) is 126 cm³/mol. The molecular formula is C25H23Cl2N3. The summed E-state index contributed by atoms with van der Waals surface area (Å²) in [6, 6.07) is 23.5. The molecule has 0 radical (unpaired) electrons. The maximum atomic E-state index is 6.36. The molecule has 3 aromatic rings. The molecule has 2 aliphatic rings. The van der Waals surface area contributed by atoms with Gasteiger partial charge in [-0.2, -0.15) is 5.10 Å². The lowest BCUT2D eigenvalue weighted by atomic mass is 10.0. The van der Waals surface area contributed by atoms with E-state index in [1.165, 1.54) is 22.3 Å². The first kappa shape index (κ1) is 19.6. The molecule has 3 nitrogen and oxygen atoms in total. The van der Waals surface area contributed by atoms with Gasteiger partial charge in [0.05, 0.1) is 16.8 Å². The van der Waals surface area contributed by atoms with Crippen molar-refractivity contribution in [2.45, 2.75) is 13.0 Å². The van der Waals surface area contributed by atoms with Crippen LogP contribution in [0.5, 0.6) is 0 Å². The zero-order valence-corrected chi connectivity index (χ0v) is 18.4. The van der Waals surface area contributed by atoms with Gasteiger partial charge in [0.2, 0.25) is 0 Å². The highest BCUT2D eigenvalue weighted by Crippen LogP contribution is 2.46. The fourth-order valence-corrected chi connectivity index (χ4v) is 5.19. The van der Waals surface area contributed by atoms with Crippen molar-refractivity contribution in [3.8, 4) is 11.1 Å². The average molecular weight is 436 g/mol. The minimum absolute atomic E-state index is 0.329. The molecule has 0 saturated carbocycles. The summed E-state index contributed by atoms with van der Waals surface area (Å²) in [6.07, 6.45) is 0. The highest BCUT2D eigenvalue weighted by molar-refractivity contribution is 6.37. The number of hydrogen-bond acceptors (Lipinski definition) is 3. The van der Waals surface area contributed by atoms with Crippen molar-refractivity contribution < 1.29 is 0 Å². The highest BCUT2D eigenvalue weighted by atomic mass is 35.5. The molecule has 3 aromatic carbocycles. The van der Waals surface area contributed by atoms with Gasteiger partial charge in [0.15, 0.2) is 0 Å². The summed E-state index contributed by atoms with van der Waals surface area (Å²) in [6.45, 7) is 5.73. The molecule has 1 heterocycles. The van der Waals surface area contributed by atoms with Gasteiger partial charge in [-0.15, -0.1) is 0 Å². The molecule has 0 unspecified atom stereocenters. The van der Waals surface area contributed by atoms with E-state index >= 15 is 0 Å². The number of hydrazone groups is 1. The maximum Gasteiger partial charge on any atom is 0.0661 e. The predicted octanol–water partition coefficient (Wildman–Crippen LogP) is 6.11. The number of rotatable bonds is 3. The Morgan fingerprint density at radius 3 is 2.03 bits per heavy atom. The van der Waals surface area contributed by atoms with Crippen LogP contribution in [0.15, 0.2) is 71.8 Å². The Hall–Kier alpha value is -2.33. The number of halogens is 2. The molecule has 0 aromatic heterocycles. The Morgan fingerprint density at radius 2 is 1.43 bits per heavy atom. The SMILES string of the molecule is C/C(=N/N1CCN(C2c3ccccc3-c3ccccc32)CC1)c1ccc(Cl)cc1Cl. The molecule has 30 heavy (non-hydrogen) atoms. The summed E-state index contributed by atoms with van der Waals surface area (Å²) in [7, 11) is 0. The first-order chi connectivity index (χ1) is 14.6. The smallest absolute Gasteiger partial charge is 0.0661 e. The van der Waals surface area contributed by atoms with Gasteiger partial charge in [0.1, 0.15) is 0 Å². The average Bonchev–Trinajstić information content (AvgIpc) is 3.09. The lowest BCUT2D eigenvalue weighted by molar-refractivity contribution is 0.114. The second kappa shape index (κ2) is 8.07. The van der Waals surface area contributed by atoms with Crippen LogP contribution < -0.4 is 0 Å². The molecule has 1 aliphatic carbocycles. The first-order valence-electron chi connectivity index (χ1n) is 10.3. The molecule has 5 rings (SSSR count). The molecule has 0 atom stereocenters. The topological polar surface area (TPSA) is 18.8 Å². The summed E-state index contributed by atoms with van der Waals surface area (Å²) < 4.78 is 0. The Balaban J connectivity index is 1.34. The van der Waals surface area contributed by atoms with Gasteiger partial charge in [0.25, 0.3) is 0 Å². The lowest BCUT2D eigenvalue weighted by Gasteiger charge is -2.37. The van der Waals surface area contributed by atoms with Crippen LogP contribution in [0.1, 0.15) is 29.7 Å². The molecule has 1 aliphatic heterocycles. The van der Waals surface area contributed by atoms with Gasteiger partial charge in [-0.25, -0.2) is 0 Å². The monoisotopic (exact) mass is 435 g/mol. The number of fused-ring (bicyclic) bond motifs is 3. The van der Waals surface area contributed by atoms with Gasteiger partial charge >= 0.3 is 0 Å². The Bertz CT molecular complexity index is 1070. The third-order valence-electron chi connectivity index (χ3n) is 6.07. The van der Waals surface area contributed by atoms with Crippen LogP contribution in [-0.4, -0.2) is 41.8 Å². The van der Waals surface area contributed by atoms with Crippen LogP contribution >= 0.6 is 23.2 Å². The molecule has 0 bridgehead atoms. The van der Waals surface area contributed by atoms with Crippen LogP contribution in [0.2, 0.25) is 10.0 Å². The van der Waals surface area contributed by atoms with Crippen molar-refractivity contribution >= 4 is 28.9 Å². The number of nitrogens with zero attached hydrogens (tertiary/aromatic N) is 3. The number of piperazine rings is 1. The fourth-order valence-electron chi connectivity index (χ4n) is 4.64. The van der Waals surface area contributed by atoms with Crippen molar-refractivity contribution in [1.82, 2.24) is 9.91 Å². The van der Waals surface area contributed by atoms with E-state index in [4.69, 9.17) is 28.3 Å². The molecule has 0 spiro atoms. The van der Waals surface area contributed by atoms with E-state index in [9.17, 15) is 0 Å². The van der Waals surface area contributed by atoms with Gasteiger partial charge in [-0.3, -0.25) is 9.91 Å². The molecule has 5 heteroatoms. The summed E-state index contributed by atoms with van der Waals surface area (Å²) in [5, 5.41) is 8.28. The normalized spacial score (nSPS) is 17.2. The molecule has 0 N–H and O–H groups in total. The molecule has 152 valence electrons. The molecule has 1 fully saturated rings. The van der Waals surface area contributed by atoms with Crippen molar-refractivity contribution in [1.29, 1.82) is 0 Å². The Kier molecular flexibility index (Phi) is 5.28. The largest absolute Gasteiger partial charge is 0.294 e. The van der Waals surface area contributed by atoms with Crippen LogP contribution in [0.3, 0.4) is 0 Å². The van der Waals surface area contributed by atoms with E-state index in [1.54, 1.807) is 6.07 Å². The van der Waals surface area contributed by atoms with Crippen molar-refractivity contribution in [2.75, 3.05) is 26.2 Å². The fraction of sp³-hybridized carbons (Fsp3) is 0.240. The van der Waals surface area contributed by atoms with Gasteiger partial charge in [-0.05, 0) is 41.3 Å². The lowest BCUT2D eigenvalue weighted by Crippen LogP contribution is -2.45. The zero-order chi connectivity index (χ0) is 20.7. The minimum Gasteiger partial charge on any atom is -0.294 e. The van der Waals surface area contributed by atoms with Crippen LogP contribution in [-0.2, 0) is 0 Å². The van der Waals surface area contributed by atoms with E-state index < -0.39 is 0 Å². The molecule has 1 saturated heterocycles. The summed E-state index contributed by atoms with van der Waals surface area (Å²) in [5.74, 6) is 0. The van der Waals surface area contributed by atoms with E-state index in [0.717, 1.165) is 37.5 Å². The third kappa shape index (κ3) is 3.51. The quantitative estimate of drug-likeness (QED) is 0.462. The number of benzene rings is 3.